The number of benzene rings is 3. The number of anilines is 2. The highest BCUT2D eigenvalue weighted by atomic mass is 35.5. The fourth-order valence-corrected chi connectivity index (χ4v) is 4.49. The summed E-state index contributed by atoms with van der Waals surface area (Å²) in [5.41, 5.74) is 3.80. The first-order chi connectivity index (χ1) is 16.5. The van der Waals surface area contributed by atoms with Gasteiger partial charge in [-0.1, -0.05) is 46.9 Å². The van der Waals surface area contributed by atoms with Crippen LogP contribution in [-0.4, -0.2) is 32.9 Å². The molecule has 34 heavy (non-hydrogen) atoms. The molecule has 1 aliphatic heterocycles. The van der Waals surface area contributed by atoms with Crippen molar-refractivity contribution in [1.29, 1.82) is 0 Å². The second-order valence-corrected chi connectivity index (χ2v) is 9.11. The molecule has 0 bridgehead atoms. The van der Waals surface area contributed by atoms with Gasteiger partial charge in [0, 0.05) is 41.4 Å². The Morgan fingerprint density at radius 2 is 1.71 bits per heavy atom. The molecule has 1 aliphatic rings. The fourth-order valence-electron chi connectivity index (χ4n) is 3.76. The van der Waals surface area contributed by atoms with Gasteiger partial charge in [-0.25, -0.2) is 0 Å². The van der Waals surface area contributed by atoms with Crippen molar-refractivity contribution in [1.82, 2.24) is 0 Å². The summed E-state index contributed by atoms with van der Waals surface area (Å²) in [4.78, 5) is 2.24. The Balaban J connectivity index is 1.44. The van der Waals surface area contributed by atoms with Crippen LogP contribution in [-0.2, 0) is 17.9 Å². The van der Waals surface area contributed by atoms with Gasteiger partial charge in [-0.3, -0.25) is 0 Å². The number of hydrogen-bond donors (Lipinski definition) is 1. The lowest BCUT2D eigenvalue weighted by Crippen LogP contribution is -2.36. The van der Waals surface area contributed by atoms with Gasteiger partial charge in [0.05, 0.1) is 30.5 Å². The molecule has 1 N–H and O–H groups in total. The van der Waals surface area contributed by atoms with E-state index in [1.807, 2.05) is 55.5 Å². The van der Waals surface area contributed by atoms with Crippen LogP contribution in [0.5, 0.6) is 11.5 Å². The van der Waals surface area contributed by atoms with E-state index in [0.717, 1.165) is 48.8 Å². The summed E-state index contributed by atoms with van der Waals surface area (Å²) >= 11 is 19.2. The lowest BCUT2D eigenvalue weighted by Gasteiger charge is -2.29. The largest absolute Gasteiger partial charge is 0.490 e. The van der Waals surface area contributed by atoms with Crippen molar-refractivity contribution in [3.05, 3.63) is 80.8 Å². The van der Waals surface area contributed by atoms with Gasteiger partial charge in [-0.15, -0.1) is 0 Å². The number of nitrogens with zero attached hydrogens (tertiary/aromatic N) is 1. The summed E-state index contributed by atoms with van der Waals surface area (Å²) in [5.74, 6) is 1.24. The zero-order valence-corrected chi connectivity index (χ0v) is 21.2. The summed E-state index contributed by atoms with van der Waals surface area (Å²) in [6.45, 7) is 6.45. The van der Waals surface area contributed by atoms with Gasteiger partial charge in [-0.05, 0) is 54.4 Å². The lowest BCUT2D eigenvalue weighted by atomic mass is 10.1. The lowest BCUT2D eigenvalue weighted by molar-refractivity contribution is 0.122. The van der Waals surface area contributed by atoms with Gasteiger partial charge >= 0.3 is 0 Å². The van der Waals surface area contributed by atoms with Gasteiger partial charge in [0.25, 0.3) is 0 Å². The van der Waals surface area contributed by atoms with Gasteiger partial charge in [0.15, 0.2) is 11.5 Å². The third kappa shape index (κ3) is 6.42. The minimum atomic E-state index is 0.364. The third-order valence-corrected chi connectivity index (χ3v) is 6.37. The second-order valence-electron chi connectivity index (χ2n) is 7.86. The van der Waals surface area contributed by atoms with E-state index in [1.165, 1.54) is 0 Å². The number of halogens is 3. The number of morpholine rings is 1. The highest BCUT2D eigenvalue weighted by Crippen LogP contribution is 2.35. The molecule has 1 heterocycles. The van der Waals surface area contributed by atoms with Crippen LogP contribution < -0.4 is 19.7 Å². The molecule has 3 aromatic rings. The Labute approximate surface area is 215 Å². The summed E-state index contributed by atoms with van der Waals surface area (Å²) in [6.07, 6.45) is 0. The number of rotatable bonds is 9. The molecule has 0 unspecified atom stereocenters. The average molecular weight is 522 g/mol. The summed E-state index contributed by atoms with van der Waals surface area (Å²) in [5, 5.41) is 5.37. The zero-order chi connectivity index (χ0) is 23.9. The number of hydrogen-bond acceptors (Lipinski definition) is 5. The maximum Gasteiger partial charge on any atom is 0.163 e. The smallest absolute Gasteiger partial charge is 0.163 e. The molecule has 0 aliphatic carbocycles. The average Bonchev–Trinajstić information content (AvgIpc) is 2.84. The highest BCUT2D eigenvalue weighted by molar-refractivity contribution is 6.33. The molecule has 0 saturated carbocycles. The Hall–Kier alpha value is -2.31. The van der Waals surface area contributed by atoms with Crippen molar-refractivity contribution in [2.45, 2.75) is 20.1 Å². The third-order valence-electron chi connectivity index (χ3n) is 5.48. The molecular formula is C26H27Cl3N2O3. The molecule has 0 radical (unpaired) electrons. The monoisotopic (exact) mass is 520 g/mol. The number of nitrogens with one attached hydrogen (secondary N) is 1. The van der Waals surface area contributed by atoms with Crippen molar-refractivity contribution in [3.8, 4) is 11.5 Å². The van der Waals surface area contributed by atoms with Crippen LogP contribution in [0, 0.1) is 0 Å². The predicted octanol–water partition coefficient (Wildman–Crippen LogP) is 7.07. The Morgan fingerprint density at radius 1 is 0.912 bits per heavy atom. The van der Waals surface area contributed by atoms with Crippen LogP contribution in [0.25, 0.3) is 0 Å². The first kappa shape index (κ1) is 24.8. The summed E-state index contributed by atoms with van der Waals surface area (Å²) < 4.78 is 17.2. The first-order valence-corrected chi connectivity index (χ1v) is 12.4. The molecule has 0 aromatic heterocycles. The van der Waals surface area contributed by atoms with Crippen molar-refractivity contribution >= 4 is 46.2 Å². The maximum atomic E-state index is 6.59. The maximum absolute atomic E-state index is 6.59. The molecule has 1 fully saturated rings. The molecule has 3 aromatic carbocycles. The molecule has 180 valence electrons. The van der Waals surface area contributed by atoms with E-state index in [2.05, 4.69) is 10.2 Å². The molecule has 0 amide bonds. The normalized spacial score (nSPS) is 13.6. The molecule has 4 rings (SSSR count). The summed E-state index contributed by atoms with van der Waals surface area (Å²) in [6, 6.07) is 17.3. The van der Waals surface area contributed by atoms with E-state index >= 15 is 0 Å². The van der Waals surface area contributed by atoms with Crippen molar-refractivity contribution in [2.24, 2.45) is 0 Å². The van der Waals surface area contributed by atoms with Crippen LogP contribution >= 0.6 is 34.8 Å². The fraction of sp³-hybridized carbons (Fsp3) is 0.308. The highest BCUT2D eigenvalue weighted by Gasteiger charge is 2.15. The van der Waals surface area contributed by atoms with E-state index in [1.54, 1.807) is 6.07 Å². The Bertz CT molecular complexity index is 1120. The topological polar surface area (TPSA) is 43.0 Å². The van der Waals surface area contributed by atoms with E-state index in [9.17, 15) is 0 Å². The van der Waals surface area contributed by atoms with Gasteiger partial charge in [0.2, 0.25) is 0 Å². The summed E-state index contributed by atoms with van der Waals surface area (Å²) in [7, 11) is 0. The Morgan fingerprint density at radius 3 is 2.44 bits per heavy atom. The minimum Gasteiger partial charge on any atom is -0.490 e. The van der Waals surface area contributed by atoms with E-state index < -0.39 is 0 Å². The van der Waals surface area contributed by atoms with Crippen molar-refractivity contribution in [3.63, 3.8) is 0 Å². The van der Waals surface area contributed by atoms with E-state index in [0.29, 0.717) is 46.3 Å². The molecule has 5 nitrogen and oxygen atoms in total. The van der Waals surface area contributed by atoms with Gasteiger partial charge in [0.1, 0.15) is 6.61 Å². The molecule has 1 saturated heterocycles. The van der Waals surface area contributed by atoms with Crippen molar-refractivity contribution < 1.29 is 14.2 Å². The second kappa shape index (κ2) is 11.9. The van der Waals surface area contributed by atoms with Crippen LogP contribution in [0.1, 0.15) is 18.1 Å². The van der Waals surface area contributed by atoms with Crippen molar-refractivity contribution in [2.75, 3.05) is 43.1 Å². The van der Waals surface area contributed by atoms with Crippen LogP contribution in [0.2, 0.25) is 15.1 Å². The Kier molecular flexibility index (Phi) is 8.68. The predicted molar refractivity (Wildman–Crippen MR) is 140 cm³/mol. The zero-order valence-electron chi connectivity index (χ0n) is 19.0. The SMILES string of the molecule is CCOc1cc(CNc2ccc(N3CCOCC3)c(Cl)c2)c(Cl)cc1OCc1cccc(Cl)c1. The quantitative estimate of drug-likeness (QED) is 0.326. The van der Waals surface area contributed by atoms with Crippen LogP contribution in [0.4, 0.5) is 11.4 Å². The standard InChI is InChI=1S/C26H27Cl3N2O3/c1-2-33-25-13-19(22(28)15-26(25)34-17-18-4-3-5-20(27)12-18)16-30-21-6-7-24(23(29)14-21)31-8-10-32-11-9-31/h3-7,12-15,30H,2,8-11,16-17H2,1H3. The molecule has 8 heteroatoms. The van der Waals surface area contributed by atoms with Gasteiger partial charge in [-0.2, -0.15) is 0 Å². The van der Waals surface area contributed by atoms with Crippen LogP contribution in [0.15, 0.2) is 54.6 Å². The molecule has 0 spiro atoms. The first-order valence-electron chi connectivity index (χ1n) is 11.2. The molecule has 0 atom stereocenters. The van der Waals surface area contributed by atoms with Crippen LogP contribution in [0.3, 0.4) is 0 Å². The van der Waals surface area contributed by atoms with E-state index in [4.69, 9.17) is 49.0 Å². The number of ether oxygens (including phenoxy) is 3. The van der Waals surface area contributed by atoms with Gasteiger partial charge < -0.3 is 24.4 Å². The minimum absolute atomic E-state index is 0.364. The van der Waals surface area contributed by atoms with E-state index in [-0.39, 0.29) is 0 Å². The molecular weight excluding hydrogens is 495 g/mol.